The van der Waals surface area contributed by atoms with E-state index in [0.29, 0.717) is 11.5 Å². The van der Waals surface area contributed by atoms with Crippen LogP contribution in [-0.2, 0) is 4.79 Å². The highest BCUT2D eigenvalue weighted by atomic mass is 35.5. The third-order valence-electron chi connectivity index (χ3n) is 3.38. The van der Waals surface area contributed by atoms with Crippen molar-refractivity contribution >= 4 is 36.4 Å². The topological polar surface area (TPSA) is 84.7 Å². The molecule has 0 aliphatic carbocycles. The lowest BCUT2D eigenvalue weighted by molar-refractivity contribution is -0.120. The van der Waals surface area contributed by atoms with Crippen LogP contribution in [-0.4, -0.2) is 38.7 Å². The van der Waals surface area contributed by atoms with Gasteiger partial charge in [-0.1, -0.05) is 0 Å². The highest BCUT2D eigenvalue weighted by Gasteiger charge is 2.20. The molecule has 2 N–H and O–H groups in total. The van der Waals surface area contributed by atoms with Crippen molar-refractivity contribution in [2.75, 3.05) is 18.4 Å². The van der Waals surface area contributed by atoms with E-state index in [-0.39, 0.29) is 36.6 Å². The number of nitrogens with one attached hydrogen (secondary N) is 2. The predicted octanol–water partition coefficient (Wildman–Crippen LogP) is 1.44. The van der Waals surface area contributed by atoms with E-state index >= 15 is 0 Å². The molecule has 2 aromatic rings. The molecule has 1 saturated heterocycles. The number of aromatic nitrogens is 4. The number of hydrogen-bond donors (Lipinski definition) is 2. The number of carbonyl (C=O) groups excluding carboxylic acids is 1. The maximum atomic E-state index is 12.1. The van der Waals surface area contributed by atoms with Crippen molar-refractivity contribution in [1.82, 2.24) is 25.1 Å². The summed E-state index contributed by atoms with van der Waals surface area (Å²) in [6.07, 6.45) is 6.44. The molecule has 0 radical (unpaired) electrons. The minimum absolute atomic E-state index is 0. The molecule has 1 aliphatic heterocycles. The van der Waals surface area contributed by atoms with E-state index in [1.165, 1.54) is 6.33 Å². The molecular formula is C13H18Cl2N6O. The highest BCUT2D eigenvalue weighted by molar-refractivity contribution is 5.92. The van der Waals surface area contributed by atoms with Crippen LogP contribution in [0.5, 0.6) is 0 Å². The van der Waals surface area contributed by atoms with Crippen LogP contribution in [0, 0.1) is 5.92 Å². The minimum Gasteiger partial charge on any atom is -0.324 e. The fourth-order valence-electron chi connectivity index (χ4n) is 2.25. The van der Waals surface area contributed by atoms with Gasteiger partial charge in [0.1, 0.15) is 12.7 Å². The van der Waals surface area contributed by atoms with Crippen molar-refractivity contribution in [2.24, 2.45) is 5.92 Å². The Balaban J connectivity index is 0.00000121. The van der Waals surface area contributed by atoms with Crippen LogP contribution in [0.4, 0.5) is 5.69 Å². The van der Waals surface area contributed by atoms with Gasteiger partial charge < -0.3 is 10.6 Å². The first-order valence-corrected chi connectivity index (χ1v) is 6.65. The Morgan fingerprint density at radius 2 is 2.05 bits per heavy atom. The molecule has 2 aromatic heterocycles. The SMILES string of the molecule is Cl.Cl.O=C(Nc1ccc(-n2cncn2)nc1)C1CCNCC1. The molecule has 1 amide bonds. The van der Waals surface area contributed by atoms with Crippen LogP contribution in [0.15, 0.2) is 31.0 Å². The van der Waals surface area contributed by atoms with Crippen molar-refractivity contribution in [3.63, 3.8) is 0 Å². The molecule has 0 aromatic carbocycles. The van der Waals surface area contributed by atoms with Crippen LogP contribution < -0.4 is 10.6 Å². The van der Waals surface area contributed by atoms with Crippen molar-refractivity contribution < 1.29 is 4.79 Å². The summed E-state index contributed by atoms with van der Waals surface area (Å²) in [6, 6.07) is 3.62. The highest BCUT2D eigenvalue weighted by Crippen LogP contribution is 2.15. The number of halogens is 2. The maximum Gasteiger partial charge on any atom is 0.227 e. The van der Waals surface area contributed by atoms with E-state index in [1.54, 1.807) is 23.3 Å². The van der Waals surface area contributed by atoms with E-state index in [4.69, 9.17) is 0 Å². The summed E-state index contributed by atoms with van der Waals surface area (Å²) in [5, 5.41) is 10.2. The van der Waals surface area contributed by atoms with Gasteiger partial charge in [0.2, 0.25) is 5.91 Å². The third-order valence-corrected chi connectivity index (χ3v) is 3.38. The number of nitrogens with zero attached hydrogens (tertiary/aromatic N) is 4. The van der Waals surface area contributed by atoms with Gasteiger partial charge in [-0.2, -0.15) is 5.10 Å². The molecule has 0 atom stereocenters. The van der Waals surface area contributed by atoms with Gasteiger partial charge in [-0.15, -0.1) is 24.8 Å². The summed E-state index contributed by atoms with van der Waals surface area (Å²) in [5.74, 6) is 0.829. The average molecular weight is 345 g/mol. The molecule has 1 aliphatic rings. The number of amides is 1. The molecule has 120 valence electrons. The normalized spacial score (nSPS) is 14.5. The predicted molar refractivity (Wildman–Crippen MR) is 87.9 cm³/mol. The monoisotopic (exact) mass is 344 g/mol. The van der Waals surface area contributed by atoms with Crippen molar-refractivity contribution in [2.45, 2.75) is 12.8 Å². The Kier molecular flexibility index (Phi) is 7.23. The standard InChI is InChI=1S/C13H16N6O.2ClH/c20-13(10-3-5-14-6-4-10)18-11-1-2-12(16-7-11)19-9-15-8-17-19;;/h1-2,7-10,14H,3-6H2,(H,18,20);2*1H. The van der Waals surface area contributed by atoms with E-state index < -0.39 is 0 Å². The lowest BCUT2D eigenvalue weighted by atomic mass is 9.97. The number of pyridine rings is 1. The minimum atomic E-state index is 0. The third kappa shape index (κ3) is 4.40. The molecule has 1 fully saturated rings. The van der Waals surface area contributed by atoms with E-state index in [9.17, 15) is 4.79 Å². The molecule has 0 bridgehead atoms. The Hall–Kier alpha value is -1.70. The molecule has 22 heavy (non-hydrogen) atoms. The summed E-state index contributed by atoms with van der Waals surface area (Å²) >= 11 is 0. The van der Waals surface area contributed by atoms with Crippen molar-refractivity contribution in [3.8, 4) is 5.82 Å². The second-order valence-electron chi connectivity index (χ2n) is 4.76. The quantitative estimate of drug-likeness (QED) is 0.880. The Morgan fingerprint density at radius 1 is 1.27 bits per heavy atom. The van der Waals surface area contributed by atoms with Gasteiger partial charge in [0.25, 0.3) is 0 Å². The van der Waals surface area contributed by atoms with Crippen LogP contribution >= 0.6 is 24.8 Å². The van der Waals surface area contributed by atoms with Gasteiger partial charge >= 0.3 is 0 Å². The number of carbonyl (C=O) groups is 1. The molecule has 0 saturated carbocycles. The number of hydrogen-bond acceptors (Lipinski definition) is 5. The maximum absolute atomic E-state index is 12.1. The molecule has 0 unspecified atom stereocenters. The Bertz CT molecular complexity index is 569. The van der Waals surface area contributed by atoms with Crippen molar-refractivity contribution in [1.29, 1.82) is 0 Å². The van der Waals surface area contributed by atoms with Gasteiger partial charge in [-0.25, -0.2) is 14.6 Å². The zero-order valence-corrected chi connectivity index (χ0v) is 13.4. The molecule has 9 heteroatoms. The first kappa shape index (κ1) is 18.3. The zero-order valence-electron chi connectivity index (χ0n) is 11.8. The van der Waals surface area contributed by atoms with Crippen molar-refractivity contribution in [3.05, 3.63) is 31.0 Å². The summed E-state index contributed by atoms with van der Waals surface area (Å²) in [7, 11) is 0. The summed E-state index contributed by atoms with van der Waals surface area (Å²) in [5.41, 5.74) is 0.706. The molecular weight excluding hydrogens is 327 g/mol. The Morgan fingerprint density at radius 3 is 2.64 bits per heavy atom. The zero-order chi connectivity index (χ0) is 13.8. The van der Waals surface area contributed by atoms with E-state index in [2.05, 4.69) is 25.7 Å². The number of rotatable bonds is 3. The second kappa shape index (κ2) is 8.67. The molecule has 0 spiro atoms. The lowest BCUT2D eigenvalue weighted by Gasteiger charge is -2.21. The van der Waals surface area contributed by atoms with Gasteiger partial charge in [0.05, 0.1) is 11.9 Å². The number of piperidine rings is 1. The van der Waals surface area contributed by atoms with Gasteiger partial charge in [0, 0.05) is 5.92 Å². The summed E-state index contributed by atoms with van der Waals surface area (Å²) in [4.78, 5) is 20.2. The fourth-order valence-corrected chi connectivity index (χ4v) is 2.25. The van der Waals surface area contributed by atoms with E-state index in [1.807, 2.05) is 6.07 Å². The van der Waals surface area contributed by atoms with Crippen LogP contribution in [0.2, 0.25) is 0 Å². The molecule has 3 rings (SSSR count). The lowest BCUT2D eigenvalue weighted by Crippen LogP contribution is -2.34. The Labute approximate surface area is 140 Å². The van der Waals surface area contributed by atoms with Gasteiger partial charge in [-0.05, 0) is 38.1 Å². The summed E-state index contributed by atoms with van der Waals surface area (Å²) in [6.45, 7) is 1.81. The van der Waals surface area contributed by atoms with Crippen LogP contribution in [0.3, 0.4) is 0 Å². The van der Waals surface area contributed by atoms with Gasteiger partial charge in [0.15, 0.2) is 5.82 Å². The van der Waals surface area contributed by atoms with Crippen LogP contribution in [0.1, 0.15) is 12.8 Å². The first-order chi connectivity index (χ1) is 9.83. The van der Waals surface area contributed by atoms with Gasteiger partial charge in [-0.3, -0.25) is 4.79 Å². The second-order valence-corrected chi connectivity index (χ2v) is 4.76. The largest absolute Gasteiger partial charge is 0.324 e. The van der Waals surface area contributed by atoms with E-state index in [0.717, 1.165) is 25.9 Å². The van der Waals surface area contributed by atoms with Crippen LogP contribution in [0.25, 0.3) is 5.82 Å². The molecule has 3 heterocycles. The first-order valence-electron chi connectivity index (χ1n) is 6.65. The number of anilines is 1. The smallest absolute Gasteiger partial charge is 0.227 e. The average Bonchev–Trinajstić information content (AvgIpc) is 3.03. The molecule has 7 nitrogen and oxygen atoms in total. The fraction of sp³-hybridized carbons (Fsp3) is 0.385. The summed E-state index contributed by atoms with van der Waals surface area (Å²) < 4.78 is 1.57.